The topological polar surface area (TPSA) is 40.5 Å². The maximum absolute atomic E-state index is 9.55. The molecule has 1 aliphatic rings. The van der Waals surface area contributed by atoms with Crippen LogP contribution in [-0.2, 0) is 0 Å². The molecule has 2 N–H and O–H groups in total. The van der Waals surface area contributed by atoms with E-state index in [1.807, 2.05) is 0 Å². The fourth-order valence-corrected chi connectivity index (χ4v) is 1.83. The highest BCUT2D eigenvalue weighted by atomic mass is 16.3. The second-order valence-corrected chi connectivity index (χ2v) is 3.50. The molecular weight excluding hydrogens is 152 g/mol. The second-order valence-electron chi connectivity index (χ2n) is 3.50. The van der Waals surface area contributed by atoms with Gasteiger partial charge in [0.2, 0.25) is 0 Å². The fraction of sp³-hybridized carbons (Fsp3) is 0.800. The van der Waals surface area contributed by atoms with Gasteiger partial charge in [-0.05, 0) is 18.8 Å². The summed E-state index contributed by atoms with van der Waals surface area (Å²) in [5.74, 6) is 2.38. The zero-order valence-corrected chi connectivity index (χ0v) is 7.24. The van der Waals surface area contributed by atoms with Gasteiger partial charge in [0, 0.05) is 0 Å². The third-order valence-electron chi connectivity index (χ3n) is 2.63. The average molecular weight is 168 g/mol. The van der Waals surface area contributed by atoms with E-state index in [0.29, 0.717) is 0 Å². The molecule has 12 heavy (non-hydrogen) atoms. The molecule has 0 aliphatic heterocycles. The van der Waals surface area contributed by atoms with E-state index in [4.69, 9.17) is 6.42 Å². The van der Waals surface area contributed by atoms with Crippen molar-refractivity contribution in [2.75, 3.05) is 0 Å². The number of hydrogen-bond acceptors (Lipinski definition) is 2. The molecule has 1 fully saturated rings. The summed E-state index contributed by atoms with van der Waals surface area (Å²) >= 11 is 0. The Kier molecular flexibility index (Phi) is 3.58. The predicted molar refractivity (Wildman–Crippen MR) is 47.4 cm³/mol. The largest absolute Gasteiger partial charge is 0.389 e. The average Bonchev–Trinajstić information content (AvgIpc) is 2.17. The van der Waals surface area contributed by atoms with E-state index < -0.39 is 12.2 Å². The van der Waals surface area contributed by atoms with Crippen LogP contribution in [0.4, 0.5) is 0 Å². The van der Waals surface area contributed by atoms with Crippen LogP contribution in [0.1, 0.15) is 32.1 Å². The molecule has 0 heterocycles. The van der Waals surface area contributed by atoms with Gasteiger partial charge < -0.3 is 10.2 Å². The molecule has 0 aromatic rings. The molecule has 0 amide bonds. The van der Waals surface area contributed by atoms with E-state index in [1.165, 1.54) is 6.42 Å². The fourth-order valence-electron chi connectivity index (χ4n) is 1.83. The molecular formula is C10H16O2. The molecule has 2 unspecified atom stereocenters. The normalized spacial score (nSPS) is 24.4. The molecule has 2 nitrogen and oxygen atoms in total. The monoisotopic (exact) mass is 168 g/mol. The molecule has 1 saturated carbocycles. The van der Waals surface area contributed by atoms with E-state index in [-0.39, 0.29) is 5.92 Å². The Hall–Kier alpha value is -0.520. The van der Waals surface area contributed by atoms with E-state index >= 15 is 0 Å². The summed E-state index contributed by atoms with van der Waals surface area (Å²) in [6, 6.07) is 0. The number of hydrogen-bond donors (Lipinski definition) is 2. The standard InChI is InChI=1S/C10H16O2/c1-2-9(11)10(12)8-6-4-3-5-7-8/h1,8-12H,3-7H2. The van der Waals surface area contributed by atoms with Gasteiger partial charge in [0.25, 0.3) is 0 Å². The molecule has 0 aromatic carbocycles. The number of terminal acetylenes is 1. The van der Waals surface area contributed by atoms with Crippen LogP contribution in [0.2, 0.25) is 0 Å². The molecule has 0 saturated heterocycles. The molecule has 2 heteroatoms. The SMILES string of the molecule is C#CC(O)C(O)C1CCCCC1. The van der Waals surface area contributed by atoms with Crippen LogP contribution in [0, 0.1) is 18.3 Å². The minimum Gasteiger partial charge on any atom is -0.389 e. The summed E-state index contributed by atoms with van der Waals surface area (Å²) in [5, 5.41) is 18.7. The van der Waals surface area contributed by atoms with Crippen LogP contribution in [0.5, 0.6) is 0 Å². The molecule has 0 radical (unpaired) electrons. The number of rotatable bonds is 2. The minimum atomic E-state index is -0.979. The Labute approximate surface area is 73.6 Å². The first-order valence-corrected chi connectivity index (χ1v) is 4.58. The van der Waals surface area contributed by atoms with Crippen LogP contribution in [0.25, 0.3) is 0 Å². The van der Waals surface area contributed by atoms with Gasteiger partial charge in [-0.15, -0.1) is 6.42 Å². The van der Waals surface area contributed by atoms with Crippen molar-refractivity contribution < 1.29 is 10.2 Å². The lowest BCUT2D eigenvalue weighted by atomic mass is 9.83. The quantitative estimate of drug-likeness (QED) is 0.602. The molecule has 1 rings (SSSR count). The van der Waals surface area contributed by atoms with E-state index in [2.05, 4.69) is 5.92 Å². The van der Waals surface area contributed by atoms with Gasteiger partial charge in [-0.1, -0.05) is 25.2 Å². The van der Waals surface area contributed by atoms with Gasteiger partial charge in [0.1, 0.15) is 6.10 Å². The maximum Gasteiger partial charge on any atom is 0.140 e. The molecule has 0 aromatic heterocycles. The summed E-state index contributed by atoms with van der Waals surface area (Å²) < 4.78 is 0. The number of aliphatic hydroxyl groups is 2. The molecule has 0 spiro atoms. The molecule has 2 atom stereocenters. The first-order valence-electron chi connectivity index (χ1n) is 4.58. The van der Waals surface area contributed by atoms with Crippen molar-refractivity contribution >= 4 is 0 Å². The van der Waals surface area contributed by atoms with Crippen molar-refractivity contribution in [2.45, 2.75) is 44.3 Å². The summed E-state index contributed by atoms with van der Waals surface area (Å²) in [5.41, 5.74) is 0. The van der Waals surface area contributed by atoms with Crippen molar-refractivity contribution in [1.82, 2.24) is 0 Å². The van der Waals surface area contributed by atoms with Crippen molar-refractivity contribution in [1.29, 1.82) is 0 Å². The zero-order valence-electron chi connectivity index (χ0n) is 7.24. The summed E-state index contributed by atoms with van der Waals surface area (Å²) in [6.45, 7) is 0. The van der Waals surface area contributed by atoms with Crippen molar-refractivity contribution in [3.8, 4) is 12.3 Å². The maximum atomic E-state index is 9.55. The van der Waals surface area contributed by atoms with Gasteiger partial charge >= 0.3 is 0 Å². The lowest BCUT2D eigenvalue weighted by Gasteiger charge is -2.27. The van der Waals surface area contributed by atoms with Gasteiger partial charge in [-0.3, -0.25) is 0 Å². The third-order valence-corrected chi connectivity index (χ3v) is 2.63. The van der Waals surface area contributed by atoms with E-state index in [9.17, 15) is 10.2 Å². The Balaban J connectivity index is 2.40. The van der Waals surface area contributed by atoms with Crippen molar-refractivity contribution in [3.05, 3.63) is 0 Å². The zero-order chi connectivity index (χ0) is 8.97. The molecule has 0 bridgehead atoms. The summed E-state index contributed by atoms with van der Waals surface area (Å²) in [4.78, 5) is 0. The van der Waals surface area contributed by atoms with Gasteiger partial charge in [0.05, 0.1) is 6.10 Å². The summed E-state index contributed by atoms with van der Waals surface area (Å²) in [7, 11) is 0. The highest BCUT2D eigenvalue weighted by Gasteiger charge is 2.26. The second kappa shape index (κ2) is 4.49. The predicted octanol–water partition coefficient (Wildman–Crippen LogP) is 0.922. The lowest BCUT2D eigenvalue weighted by Crippen LogP contribution is -2.33. The highest BCUT2D eigenvalue weighted by molar-refractivity contribution is 4.99. The van der Waals surface area contributed by atoms with Crippen molar-refractivity contribution in [3.63, 3.8) is 0 Å². The Bertz CT molecular complexity index is 165. The highest BCUT2D eigenvalue weighted by Crippen LogP contribution is 2.27. The van der Waals surface area contributed by atoms with Crippen LogP contribution in [-0.4, -0.2) is 22.4 Å². The Morgan fingerprint density at radius 1 is 1.17 bits per heavy atom. The Morgan fingerprint density at radius 3 is 2.25 bits per heavy atom. The minimum absolute atomic E-state index is 0.213. The van der Waals surface area contributed by atoms with Gasteiger partial charge in [-0.2, -0.15) is 0 Å². The van der Waals surface area contributed by atoms with Crippen molar-refractivity contribution in [2.24, 2.45) is 5.92 Å². The van der Waals surface area contributed by atoms with Crippen LogP contribution < -0.4 is 0 Å². The Morgan fingerprint density at radius 2 is 1.75 bits per heavy atom. The molecule has 1 aliphatic carbocycles. The van der Waals surface area contributed by atoms with Crippen LogP contribution >= 0.6 is 0 Å². The smallest absolute Gasteiger partial charge is 0.140 e. The van der Waals surface area contributed by atoms with E-state index in [0.717, 1.165) is 25.7 Å². The number of aliphatic hydroxyl groups excluding tert-OH is 2. The lowest BCUT2D eigenvalue weighted by molar-refractivity contribution is 0.000761. The van der Waals surface area contributed by atoms with Crippen LogP contribution in [0.15, 0.2) is 0 Å². The first-order chi connectivity index (χ1) is 5.75. The summed E-state index contributed by atoms with van der Waals surface area (Å²) in [6.07, 6.45) is 8.88. The van der Waals surface area contributed by atoms with Gasteiger partial charge in [0.15, 0.2) is 0 Å². The molecule has 68 valence electrons. The van der Waals surface area contributed by atoms with Crippen LogP contribution in [0.3, 0.4) is 0 Å². The van der Waals surface area contributed by atoms with Gasteiger partial charge in [-0.25, -0.2) is 0 Å². The first kappa shape index (κ1) is 9.57. The third kappa shape index (κ3) is 2.23. The van der Waals surface area contributed by atoms with E-state index in [1.54, 1.807) is 0 Å².